The van der Waals surface area contributed by atoms with Gasteiger partial charge in [-0.25, -0.2) is 5.10 Å². The van der Waals surface area contributed by atoms with Crippen LogP contribution < -0.4 is 11.3 Å². The van der Waals surface area contributed by atoms with Gasteiger partial charge >= 0.3 is 0 Å². The average molecular weight is 269 g/mol. The van der Waals surface area contributed by atoms with Crippen LogP contribution in [0.4, 0.5) is 0 Å². The minimum Gasteiger partial charge on any atom is -0.325 e. The fourth-order valence-electron chi connectivity index (χ4n) is 2.98. The molecule has 1 heterocycles. The Morgan fingerprint density at radius 2 is 2.20 bits per heavy atom. The molecule has 4 heteroatoms. The standard InChI is InChI=1S/C16H19N3O/c1-3-10(2)16(6-7-16)11-4-5-12-13(8-11)14(9-17)18-19-15(12)20/h3-5,8H,6-7,9,17H2,1-2H3,(H,19,20)/b10-3-. The van der Waals surface area contributed by atoms with E-state index in [0.717, 1.165) is 11.1 Å². The van der Waals surface area contributed by atoms with Crippen molar-refractivity contribution in [2.45, 2.75) is 38.6 Å². The number of hydrogen-bond acceptors (Lipinski definition) is 3. The number of fused-ring (bicyclic) bond motifs is 1. The Labute approximate surface area is 117 Å². The molecule has 1 aromatic heterocycles. The first kappa shape index (κ1) is 13.1. The maximum atomic E-state index is 11.8. The molecule has 0 bridgehead atoms. The zero-order valence-electron chi connectivity index (χ0n) is 11.9. The zero-order chi connectivity index (χ0) is 14.3. The van der Waals surface area contributed by atoms with Crippen LogP contribution in [0.1, 0.15) is 37.9 Å². The SMILES string of the molecule is C/C=C(/C)C1(c2ccc3c(=O)[nH]nc(CN)c3c2)CC1. The summed E-state index contributed by atoms with van der Waals surface area (Å²) in [7, 11) is 0. The van der Waals surface area contributed by atoms with E-state index in [1.165, 1.54) is 24.0 Å². The van der Waals surface area contributed by atoms with Gasteiger partial charge in [0.1, 0.15) is 0 Å². The molecule has 0 atom stereocenters. The van der Waals surface area contributed by atoms with Crippen molar-refractivity contribution >= 4 is 10.8 Å². The summed E-state index contributed by atoms with van der Waals surface area (Å²) in [6.45, 7) is 4.58. The summed E-state index contributed by atoms with van der Waals surface area (Å²) < 4.78 is 0. The monoisotopic (exact) mass is 269 g/mol. The predicted molar refractivity (Wildman–Crippen MR) is 80.6 cm³/mol. The summed E-state index contributed by atoms with van der Waals surface area (Å²) in [4.78, 5) is 11.8. The molecule has 2 aromatic rings. The smallest absolute Gasteiger partial charge is 0.272 e. The fraction of sp³-hybridized carbons (Fsp3) is 0.375. The molecule has 0 amide bonds. The van der Waals surface area contributed by atoms with Crippen molar-refractivity contribution in [3.05, 3.63) is 51.5 Å². The van der Waals surface area contributed by atoms with Crippen molar-refractivity contribution in [1.82, 2.24) is 10.2 Å². The van der Waals surface area contributed by atoms with Gasteiger partial charge in [-0.2, -0.15) is 5.10 Å². The molecule has 1 aromatic carbocycles. The van der Waals surface area contributed by atoms with Gasteiger partial charge in [0.25, 0.3) is 5.56 Å². The van der Waals surface area contributed by atoms with Crippen LogP contribution in [0.5, 0.6) is 0 Å². The highest BCUT2D eigenvalue weighted by Crippen LogP contribution is 2.53. The third-order valence-electron chi connectivity index (χ3n) is 4.55. The number of nitrogens with one attached hydrogen (secondary N) is 1. The third-order valence-corrected chi connectivity index (χ3v) is 4.55. The maximum absolute atomic E-state index is 11.8. The van der Waals surface area contributed by atoms with Crippen molar-refractivity contribution in [2.75, 3.05) is 0 Å². The van der Waals surface area contributed by atoms with Gasteiger partial charge in [0, 0.05) is 17.3 Å². The van der Waals surface area contributed by atoms with E-state index in [2.05, 4.69) is 42.3 Å². The van der Waals surface area contributed by atoms with E-state index in [1.807, 2.05) is 6.07 Å². The lowest BCUT2D eigenvalue weighted by Crippen LogP contribution is -2.15. The Morgan fingerprint density at radius 3 is 2.80 bits per heavy atom. The molecule has 3 rings (SSSR count). The summed E-state index contributed by atoms with van der Waals surface area (Å²) >= 11 is 0. The minimum absolute atomic E-state index is 0.156. The average Bonchev–Trinajstić information content (AvgIpc) is 3.28. The molecule has 0 unspecified atom stereocenters. The van der Waals surface area contributed by atoms with Crippen molar-refractivity contribution in [3.63, 3.8) is 0 Å². The van der Waals surface area contributed by atoms with E-state index >= 15 is 0 Å². The quantitative estimate of drug-likeness (QED) is 0.840. The number of benzene rings is 1. The Balaban J connectivity index is 2.24. The van der Waals surface area contributed by atoms with Gasteiger partial charge in [-0.15, -0.1) is 0 Å². The van der Waals surface area contributed by atoms with Crippen molar-refractivity contribution in [3.8, 4) is 0 Å². The first-order valence-electron chi connectivity index (χ1n) is 6.97. The maximum Gasteiger partial charge on any atom is 0.272 e. The van der Waals surface area contributed by atoms with Crippen LogP contribution in [0.3, 0.4) is 0 Å². The predicted octanol–water partition coefficient (Wildman–Crippen LogP) is 2.38. The van der Waals surface area contributed by atoms with E-state index < -0.39 is 0 Å². The molecule has 20 heavy (non-hydrogen) atoms. The Hall–Kier alpha value is -1.94. The molecule has 3 N–H and O–H groups in total. The second-order valence-corrected chi connectivity index (χ2v) is 5.52. The first-order chi connectivity index (χ1) is 9.62. The highest BCUT2D eigenvalue weighted by Gasteiger charge is 2.45. The normalized spacial score (nSPS) is 17.4. The molecular weight excluding hydrogens is 250 g/mol. The van der Waals surface area contributed by atoms with Crippen LogP contribution in [0.15, 0.2) is 34.6 Å². The van der Waals surface area contributed by atoms with Gasteiger partial charge in [0.2, 0.25) is 0 Å². The number of aromatic nitrogens is 2. The van der Waals surface area contributed by atoms with Gasteiger partial charge in [0.05, 0.1) is 11.1 Å². The van der Waals surface area contributed by atoms with Gasteiger partial charge in [-0.05, 0) is 44.4 Å². The summed E-state index contributed by atoms with van der Waals surface area (Å²) in [5, 5.41) is 8.10. The lowest BCUT2D eigenvalue weighted by molar-refractivity contribution is 0.818. The largest absolute Gasteiger partial charge is 0.325 e. The number of rotatable bonds is 3. The minimum atomic E-state index is -0.156. The lowest BCUT2D eigenvalue weighted by atomic mass is 9.87. The zero-order valence-corrected chi connectivity index (χ0v) is 11.9. The van der Waals surface area contributed by atoms with Crippen molar-refractivity contribution in [1.29, 1.82) is 0 Å². The van der Waals surface area contributed by atoms with Gasteiger partial charge in [0.15, 0.2) is 0 Å². The number of nitrogens with two attached hydrogens (primary N) is 1. The van der Waals surface area contributed by atoms with E-state index in [1.54, 1.807) is 0 Å². The molecule has 0 saturated heterocycles. The summed E-state index contributed by atoms with van der Waals surface area (Å²) in [5.74, 6) is 0. The molecule has 104 valence electrons. The van der Waals surface area contributed by atoms with Gasteiger partial charge < -0.3 is 5.73 Å². The van der Waals surface area contributed by atoms with Crippen molar-refractivity contribution < 1.29 is 0 Å². The molecule has 0 spiro atoms. The molecule has 1 aliphatic carbocycles. The molecule has 0 aliphatic heterocycles. The Morgan fingerprint density at radius 1 is 1.45 bits per heavy atom. The van der Waals surface area contributed by atoms with Crippen LogP contribution in [-0.2, 0) is 12.0 Å². The molecule has 1 aliphatic rings. The third kappa shape index (κ3) is 1.79. The molecule has 0 radical (unpaired) electrons. The first-order valence-corrected chi connectivity index (χ1v) is 6.97. The number of hydrogen-bond donors (Lipinski definition) is 2. The van der Waals surface area contributed by atoms with Crippen LogP contribution in [0, 0.1) is 0 Å². The molecule has 1 saturated carbocycles. The number of aromatic amines is 1. The topological polar surface area (TPSA) is 71.8 Å². The summed E-state index contributed by atoms with van der Waals surface area (Å²) in [6.07, 6.45) is 4.52. The number of allylic oxidation sites excluding steroid dienone is 2. The number of nitrogens with zero attached hydrogens (tertiary/aromatic N) is 1. The molecule has 1 fully saturated rings. The fourth-order valence-corrected chi connectivity index (χ4v) is 2.98. The second kappa shape index (κ2) is 4.56. The molecular formula is C16H19N3O. The van der Waals surface area contributed by atoms with E-state index in [9.17, 15) is 4.79 Å². The second-order valence-electron chi connectivity index (χ2n) is 5.52. The Kier molecular flexibility index (Phi) is 2.98. The summed E-state index contributed by atoms with van der Waals surface area (Å²) in [6, 6.07) is 6.06. The lowest BCUT2D eigenvalue weighted by Gasteiger charge is -2.17. The van der Waals surface area contributed by atoms with Crippen molar-refractivity contribution in [2.24, 2.45) is 5.73 Å². The van der Waals surface area contributed by atoms with Crippen LogP contribution in [-0.4, -0.2) is 10.2 Å². The number of H-pyrrole nitrogens is 1. The van der Waals surface area contributed by atoms with E-state index in [4.69, 9.17) is 5.73 Å². The van der Waals surface area contributed by atoms with Crippen LogP contribution >= 0.6 is 0 Å². The highest BCUT2D eigenvalue weighted by molar-refractivity contribution is 5.84. The van der Waals surface area contributed by atoms with Gasteiger partial charge in [-0.3, -0.25) is 4.79 Å². The highest BCUT2D eigenvalue weighted by atomic mass is 16.1. The van der Waals surface area contributed by atoms with Crippen LogP contribution in [0.2, 0.25) is 0 Å². The molecule has 4 nitrogen and oxygen atoms in total. The summed E-state index contributed by atoms with van der Waals surface area (Å²) in [5.41, 5.74) is 9.14. The Bertz CT molecular complexity index is 754. The van der Waals surface area contributed by atoms with E-state index in [-0.39, 0.29) is 11.0 Å². The van der Waals surface area contributed by atoms with Crippen LogP contribution in [0.25, 0.3) is 10.8 Å². The van der Waals surface area contributed by atoms with E-state index in [0.29, 0.717) is 11.9 Å². The van der Waals surface area contributed by atoms with Gasteiger partial charge in [-0.1, -0.05) is 17.7 Å².